The highest BCUT2D eigenvalue weighted by atomic mass is 32.2. The molecule has 0 aliphatic carbocycles. The molecule has 0 radical (unpaired) electrons. The summed E-state index contributed by atoms with van der Waals surface area (Å²) < 4.78 is 20.4. The van der Waals surface area contributed by atoms with Crippen LogP contribution in [0.5, 0.6) is 5.75 Å². The Hall–Kier alpha value is -3.56. The topological polar surface area (TPSA) is 68.3 Å². The lowest BCUT2D eigenvalue weighted by Gasteiger charge is -2.11. The molecule has 3 rings (SSSR count). The van der Waals surface area contributed by atoms with Gasteiger partial charge >= 0.3 is 0 Å². The molecule has 1 atom stereocenters. The quantitative estimate of drug-likeness (QED) is 0.549. The highest BCUT2D eigenvalue weighted by molar-refractivity contribution is 7.99. The van der Waals surface area contributed by atoms with Crippen molar-refractivity contribution in [2.45, 2.75) is 4.90 Å². The molecule has 0 fully saturated rings. The number of carbonyl (C=O) groups excluding carboxylic acids is 1. The van der Waals surface area contributed by atoms with Crippen LogP contribution in [0, 0.1) is 11.8 Å². The molecule has 0 spiro atoms. The highest BCUT2D eigenvalue weighted by Gasteiger charge is 2.13. The van der Waals surface area contributed by atoms with Crippen LogP contribution in [0.15, 0.2) is 78.0 Å². The summed E-state index contributed by atoms with van der Waals surface area (Å²) in [5.41, 5.74) is 1.59. The molecule has 0 saturated carbocycles. The summed E-state index contributed by atoms with van der Waals surface area (Å²) in [7, 11) is -1.37. The molecule has 1 amide bonds. The molecule has 140 valence electrons. The lowest BCUT2D eigenvalue weighted by atomic mass is 10.1. The molecule has 1 aromatic heterocycles. The van der Waals surface area contributed by atoms with Crippen molar-refractivity contribution in [1.29, 1.82) is 0 Å². The number of methoxy groups -OCH3 is 1. The zero-order valence-corrected chi connectivity index (χ0v) is 16.0. The maximum absolute atomic E-state index is 12.7. The molecule has 1 N–H and O–H groups in total. The van der Waals surface area contributed by atoms with Gasteiger partial charge in [0.1, 0.15) is 5.75 Å². The second-order valence-electron chi connectivity index (χ2n) is 5.86. The Morgan fingerprint density at radius 2 is 1.79 bits per heavy atom. The van der Waals surface area contributed by atoms with E-state index >= 15 is 0 Å². The molecule has 6 heteroatoms. The Bertz CT molecular complexity index is 1160. The lowest BCUT2D eigenvalue weighted by Crippen LogP contribution is -2.30. The van der Waals surface area contributed by atoms with Gasteiger partial charge in [0.15, 0.2) is 0 Å². The third-order valence-electron chi connectivity index (χ3n) is 3.80. The molecule has 0 aliphatic heterocycles. The van der Waals surface area contributed by atoms with Gasteiger partial charge < -0.3 is 4.74 Å². The molecule has 1 heterocycles. The largest absolute Gasteiger partial charge is 0.497 e. The third kappa shape index (κ3) is 4.78. The van der Waals surface area contributed by atoms with E-state index in [1.54, 1.807) is 49.7 Å². The predicted octanol–water partition coefficient (Wildman–Crippen LogP) is 2.91. The number of hydrogen-bond donors (Lipinski definition) is 1. The fourth-order valence-corrected chi connectivity index (χ4v) is 3.52. The van der Waals surface area contributed by atoms with Crippen molar-refractivity contribution in [3.63, 3.8) is 0 Å². The summed E-state index contributed by atoms with van der Waals surface area (Å²) in [5, 5.41) is 0. The van der Waals surface area contributed by atoms with Crippen LogP contribution in [0.3, 0.4) is 0 Å². The molecule has 0 aliphatic rings. The average Bonchev–Trinajstić information content (AvgIpc) is 2.73. The Morgan fingerprint density at radius 1 is 1.04 bits per heavy atom. The van der Waals surface area contributed by atoms with Gasteiger partial charge in [-0.3, -0.25) is 14.5 Å². The van der Waals surface area contributed by atoms with E-state index in [0.29, 0.717) is 16.2 Å². The van der Waals surface area contributed by atoms with Crippen molar-refractivity contribution in [3.8, 4) is 17.6 Å². The van der Waals surface area contributed by atoms with Crippen LogP contribution >= 0.6 is 0 Å². The van der Waals surface area contributed by atoms with E-state index in [1.165, 1.54) is 6.20 Å². The molecule has 28 heavy (non-hydrogen) atoms. The van der Waals surface area contributed by atoms with E-state index in [0.717, 1.165) is 5.56 Å². The maximum Gasteiger partial charge on any atom is 0.264 e. The smallest absolute Gasteiger partial charge is 0.264 e. The Morgan fingerprint density at radius 3 is 2.54 bits per heavy atom. The zero-order valence-electron chi connectivity index (χ0n) is 15.2. The number of hydrogen-bond acceptors (Lipinski definition) is 4. The first-order chi connectivity index (χ1) is 13.5. The zero-order chi connectivity index (χ0) is 20.0. The summed E-state index contributed by atoms with van der Waals surface area (Å²) in [5.74, 6) is 9.81. The van der Waals surface area contributed by atoms with Crippen LogP contribution in [-0.2, 0) is 9.71 Å². The molecule has 0 bridgehead atoms. The van der Waals surface area contributed by atoms with Crippen molar-refractivity contribution < 1.29 is 13.7 Å². The number of benzene rings is 2. The summed E-state index contributed by atoms with van der Waals surface area (Å²) in [6.07, 6.45) is 2.95. The van der Waals surface area contributed by atoms with Gasteiger partial charge in [-0.15, -0.1) is 0 Å². The summed E-state index contributed by atoms with van der Waals surface area (Å²) in [6, 6.07) is 17.5. The lowest BCUT2D eigenvalue weighted by molar-refractivity contribution is 0.0982. The summed E-state index contributed by atoms with van der Waals surface area (Å²) in [4.78, 5) is 17.0. The van der Waals surface area contributed by atoms with Gasteiger partial charge in [-0.2, -0.15) is 0 Å². The van der Waals surface area contributed by atoms with Gasteiger partial charge in [0.05, 0.1) is 22.4 Å². The van der Waals surface area contributed by atoms with Crippen LogP contribution in [0.25, 0.3) is 0 Å². The number of pyridine rings is 1. The number of aromatic nitrogens is 1. The van der Waals surface area contributed by atoms with Crippen LogP contribution in [0.1, 0.15) is 21.5 Å². The van der Waals surface area contributed by atoms with Crippen LogP contribution in [0.4, 0.5) is 0 Å². The first kappa shape index (κ1) is 19.2. The number of rotatable bonds is 4. The van der Waals surface area contributed by atoms with E-state index < -0.39 is 15.6 Å². The number of amides is 1. The van der Waals surface area contributed by atoms with Crippen molar-refractivity contribution >= 4 is 21.5 Å². The van der Waals surface area contributed by atoms with Gasteiger partial charge in [-0.1, -0.05) is 36.1 Å². The minimum Gasteiger partial charge on any atom is -0.497 e. The number of nitrogens with one attached hydrogen (secondary N) is 1. The van der Waals surface area contributed by atoms with E-state index in [-0.39, 0.29) is 5.56 Å². The van der Waals surface area contributed by atoms with E-state index in [9.17, 15) is 9.00 Å². The predicted molar refractivity (Wildman–Crippen MR) is 111 cm³/mol. The Kier molecular flexibility index (Phi) is 5.78. The standard InChI is InChI=1S/C22H18N2O3S/c1-27-20-8-6-7-17(14-20)11-12-18-13-19(16-23-15-18)22(25)24-28(2,26)21-9-4-3-5-10-21/h3-10,13-16H,2H2,1H3,(H,24,25,26). The van der Waals surface area contributed by atoms with Gasteiger partial charge in [-0.25, -0.2) is 4.21 Å². The van der Waals surface area contributed by atoms with E-state index in [4.69, 9.17) is 4.74 Å². The summed E-state index contributed by atoms with van der Waals surface area (Å²) >= 11 is 0. The average molecular weight is 390 g/mol. The van der Waals surface area contributed by atoms with Crippen molar-refractivity contribution in [2.24, 2.45) is 0 Å². The number of carbonyl (C=O) groups is 1. The fourth-order valence-electron chi connectivity index (χ4n) is 2.39. The minimum absolute atomic E-state index is 0.254. The molecule has 3 aromatic rings. The van der Waals surface area contributed by atoms with Gasteiger partial charge in [0.25, 0.3) is 5.91 Å². The maximum atomic E-state index is 12.7. The van der Waals surface area contributed by atoms with Crippen molar-refractivity contribution in [1.82, 2.24) is 9.71 Å². The second kappa shape index (κ2) is 8.42. The monoisotopic (exact) mass is 390 g/mol. The highest BCUT2D eigenvalue weighted by Crippen LogP contribution is 2.12. The second-order valence-corrected chi connectivity index (χ2v) is 7.89. The van der Waals surface area contributed by atoms with Gasteiger partial charge in [0.2, 0.25) is 0 Å². The van der Waals surface area contributed by atoms with Crippen LogP contribution in [0.2, 0.25) is 0 Å². The molecule has 0 saturated heterocycles. The summed E-state index contributed by atoms with van der Waals surface area (Å²) in [6.45, 7) is 0. The molecule has 5 nitrogen and oxygen atoms in total. The van der Waals surface area contributed by atoms with Crippen LogP contribution < -0.4 is 9.46 Å². The number of ether oxygens (including phenoxy) is 1. The normalized spacial score (nSPS) is 12.2. The van der Waals surface area contributed by atoms with Gasteiger partial charge in [0, 0.05) is 28.4 Å². The first-order valence-electron chi connectivity index (χ1n) is 8.33. The molecular weight excluding hydrogens is 372 g/mol. The van der Waals surface area contributed by atoms with Crippen LogP contribution in [-0.4, -0.2) is 28.1 Å². The fraction of sp³-hybridized carbons (Fsp3) is 0.0455. The third-order valence-corrected chi connectivity index (χ3v) is 5.35. The van der Waals surface area contributed by atoms with Gasteiger partial charge in [-0.05, 0) is 42.3 Å². The Balaban J connectivity index is 1.80. The first-order valence-corrected chi connectivity index (χ1v) is 10.1. The minimum atomic E-state index is -2.96. The van der Waals surface area contributed by atoms with Crippen molar-refractivity contribution in [2.75, 3.05) is 7.11 Å². The van der Waals surface area contributed by atoms with E-state index in [2.05, 4.69) is 27.4 Å². The number of nitrogens with zero attached hydrogens (tertiary/aromatic N) is 1. The van der Waals surface area contributed by atoms with E-state index in [1.807, 2.05) is 24.3 Å². The molecular formula is C22H18N2O3S. The SMILES string of the molecule is C=S(=O)(NC(=O)c1cncc(C#Cc2cccc(OC)c2)c1)c1ccccc1. The Labute approximate surface area is 164 Å². The van der Waals surface area contributed by atoms with Crippen molar-refractivity contribution in [3.05, 3.63) is 89.7 Å². The molecule has 1 unspecified atom stereocenters. The molecule has 2 aromatic carbocycles.